The van der Waals surface area contributed by atoms with E-state index >= 15 is 0 Å². The van der Waals surface area contributed by atoms with Crippen LogP contribution in [0.15, 0.2) is 65.8 Å². The van der Waals surface area contributed by atoms with E-state index < -0.39 is 0 Å². The predicted octanol–water partition coefficient (Wildman–Crippen LogP) is 6.01. The van der Waals surface area contributed by atoms with Crippen molar-refractivity contribution >= 4 is 23.7 Å². The second kappa shape index (κ2) is 12.6. The molecule has 1 N–H and O–H groups in total. The number of hydrazone groups is 1. The number of carbonyl (C=O) groups excluding carboxylic acids is 1. The third kappa shape index (κ3) is 7.22. The van der Waals surface area contributed by atoms with Crippen molar-refractivity contribution in [2.45, 2.75) is 26.9 Å². The predicted molar refractivity (Wildman–Crippen MR) is 131 cm³/mol. The molecule has 0 atom stereocenters. The van der Waals surface area contributed by atoms with E-state index in [1.54, 1.807) is 48.5 Å². The first-order chi connectivity index (χ1) is 16.5. The van der Waals surface area contributed by atoms with Crippen LogP contribution in [0.5, 0.6) is 17.2 Å². The Kier molecular flexibility index (Phi) is 9.29. The van der Waals surface area contributed by atoms with Crippen LogP contribution in [-0.4, -0.2) is 25.3 Å². The van der Waals surface area contributed by atoms with Crippen molar-refractivity contribution in [3.63, 3.8) is 0 Å². The number of nitrogens with zero attached hydrogens (tertiary/aromatic N) is 1. The Morgan fingerprint density at radius 2 is 1.76 bits per heavy atom. The van der Waals surface area contributed by atoms with Crippen LogP contribution in [0, 0.1) is 5.82 Å². The zero-order valence-corrected chi connectivity index (χ0v) is 19.8. The van der Waals surface area contributed by atoms with Gasteiger partial charge in [-0.1, -0.05) is 30.7 Å². The molecule has 0 bridgehead atoms. The van der Waals surface area contributed by atoms with Gasteiger partial charge < -0.3 is 14.2 Å². The van der Waals surface area contributed by atoms with Crippen LogP contribution in [0.3, 0.4) is 0 Å². The van der Waals surface area contributed by atoms with E-state index in [2.05, 4.69) is 10.5 Å². The van der Waals surface area contributed by atoms with Crippen LogP contribution in [0.1, 0.15) is 41.8 Å². The molecule has 0 spiro atoms. The van der Waals surface area contributed by atoms with Crippen molar-refractivity contribution in [1.82, 2.24) is 5.43 Å². The molecule has 8 heteroatoms. The summed E-state index contributed by atoms with van der Waals surface area (Å²) in [6, 6.07) is 16.2. The maximum atomic E-state index is 13.1. The van der Waals surface area contributed by atoms with Gasteiger partial charge in [0, 0.05) is 5.56 Å². The monoisotopic (exact) mass is 484 g/mol. The van der Waals surface area contributed by atoms with Gasteiger partial charge in [0.1, 0.15) is 18.2 Å². The summed E-state index contributed by atoms with van der Waals surface area (Å²) >= 11 is 6.42. The Morgan fingerprint density at radius 3 is 2.44 bits per heavy atom. The summed E-state index contributed by atoms with van der Waals surface area (Å²) in [5.41, 5.74) is 4.35. The minimum atomic E-state index is -0.353. The quantitative estimate of drug-likeness (QED) is 0.267. The molecule has 3 rings (SSSR count). The molecule has 0 saturated carbocycles. The Bertz CT molecular complexity index is 1120. The average molecular weight is 485 g/mol. The summed E-state index contributed by atoms with van der Waals surface area (Å²) in [5.74, 6) is 0.855. The van der Waals surface area contributed by atoms with Crippen LogP contribution in [0.2, 0.25) is 5.02 Å². The molecule has 6 nitrogen and oxygen atoms in total. The maximum absolute atomic E-state index is 13.1. The molecule has 0 fully saturated rings. The van der Waals surface area contributed by atoms with Gasteiger partial charge in [0.05, 0.1) is 24.5 Å². The third-order valence-electron chi connectivity index (χ3n) is 4.60. The minimum absolute atomic E-state index is 0.200. The van der Waals surface area contributed by atoms with Gasteiger partial charge >= 0.3 is 0 Å². The topological polar surface area (TPSA) is 69.2 Å². The SMILES string of the molecule is CCCOc1ccc(C(=O)N/N=C\c2cc(Cl)c(OCc3ccc(F)cc3)c(OCC)c2)cc1. The van der Waals surface area contributed by atoms with Gasteiger partial charge in [0.25, 0.3) is 5.91 Å². The second-order valence-electron chi connectivity index (χ2n) is 7.25. The van der Waals surface area contributed by atoms with Crippen LogP contribution in [-0.2, 0) is 6.61 Å². The van der Waals surface area contributed by atoms with Gasteiger partial charge in [-0.3, -0.25) is 4.79 Å². The van der Waals surface area contributed by atoms with Gasteiger partial charge in [-0.25, -0.2) is 9.82 Å². The molecule has 3 aromatic rings. The number of amides is 1. The van der Waals surface area contributed by atoms with E-state index in [4.69, 9.17) is 25.8 Å². The van der Waals surface area contributed by atoms with E-state index in [0.29, 0.717) is 46.6 Å². The fourth-order valence-electron chi connectivity index (χ4n) is 2.95. The summed E-state index contributed by atoms with van der Waals surface area (Å²) in [6.07, 6.45) is 2.38. The summed E-state index contributed by atoms with van der Waals surface area (Å²) in [5, 5.41) is 4.34. The lowest BCUT2D eigenvalue weighted by Gasteiger charge is -2.14. The summed E-state index contributed by atoms with van der Waals surface area (Å²) < 4.78 is 30.1. The van der Waals surface area contributed by atoms with Gasteiger partial charge in [0.15, 0.2) is 11.5 Å². The maximum Gasteiger partial charge on any atom is 0.271 e. The first kappa shape index (κ1) is 25.1. The molecular formula is C26H26ClFN2O4. The number of hydrogen-bond donors (Lipinski definition) is 1. The van der Waals surface area contributed by atoms with Crippen LogP contribution < -0.4 is 19.6 Å². The molecule has 178 valence electrons. The standard InChI is InChI=1S/C26H26ClFN2O4/c1-3-13-33-22-11-7-20(8-12-22)26(31)30-29-16-19-14-23(27)25(24(15-19)32-4-2)34-17-18-5-9-21(28)10-6-18/h5-12,14-16H,3-4,13,17H2,1-2H3,(H,30,31)/b29-16-. The number of rotatable bonds is 11. The highest BCUT2D eigenvalue weighted by Gasteiger charge is 2.13. The first-order valence-corrected chi connectivity index (χ1v) is 11.3. The smallest absolute Gasteiger partial charge is 0.271 e. The Hall–Kier alpha value is -3.58. The fraction of sp³-hybridized carbons (Fsp3) is 0.231. The highest BCUT2D eigenvalue weighted by molar-refractivity contribution is 6.32. The largest absolute Gasteiger partial charge is 0.494 e. The summed E-state index contributed by atoms with van der Waals surface area (Å²) in [4.78, 5) is 12.3. The van der Waals surface area contributed by atoms with Crippen molar-refractivity contribution in [3.8, 4) is 17.2 Å². The van der Waals surface area contributed by atoms with Gasteiger partial charge in [0.2, 0.25) is 0 Å². The number of halogens is 2. The zero-order chi connectivity index (χ0) is 24.3. The Morgan fingerprint density at radius 1 is 1.03 bits per heavy atom. The van der Waals surface area contributed by atoms with Gasteiger partial charge in [-0.15, -0.1) is 0 Å². The van der Waals surface area contributed by atoms with Gasteiger partial charge in [-0.2, -0.15) is 5.10 Å². The molecule has 0 heterocycles. The number of carbonyl (C=O) groups is 1. The lowest BCUT2D eigenvalue weighted by molar-refractivity contribution is 0.0955. The normalized spacial score (nSPS) is 10.8. The lowest BCUT2D eigenvalue weighted by atomic mass is 10.2. The number of hydrogen-bond acceptors (Lipinski definition) is 5. The average Bonchev–Trinajstić information content (AvgIpc) is 2.84. The van der Waals surface area contributed by atoms with Crippen molar-refractivity contribution in [2.75, 3.05) is 13.2 Å². The molecule has 0 saturated heterocycles. The molecule has 3 aromatic carbocycles. The number of ether oxygens (including phenoxy) is 3. The van der Waals surface area contributed by atoms with Crippen molar-refractivity contribution in [3.05, 3.63) is 88.2 Å². The van der Waals surface area contributed by atoms with Crippen molar-refractivity contribution in [2.24, 2.45) is 5.10 Å². The zero-order valence-electron chi connectivity index (χ0n) is 19.0. The Labute approximate surface area is 203 Å². The molecule has 1 amide bonds. The molecule has 0 aromatic heterocycles. The molecule has 0 radical (unpaired) electrons. The molecule has 0 aliphatic carbocycles. The molecule has 0 aliphatic heterocycles. The first-order valence-electron chi connectivity index (χ1n) is 10.9. The third-order valence-corrected chi connectivity index (χ3v) is 4.88. The van der Waals surface area contributed by atoms with E-state index in [9.17, 15) is 9.18 Å². The molecule has 0 unspecified atom stereocenters. The second-order valence-corrected chi connectivity index (χ2v) is 7.66. The van der Waals surface area contributed by atoms with E-state index in [-0.39, 0.29) is 18.3 Å². The molecule has 34 heavy (non-hydrogen) atoms. The number of benzene rings is 3. The highest BCUT2D eigenvalue weighted by Crippen LogP contribution is 2.37. The van der Waals surface area contributed by atoms with Crippen LogP contribution in [0.4, 0.5) is 4.39 Å². The van der Waals surface area contributed by atoms with Crippen molar-refractivity contribution < 1.29 is 23.4 Å². The van der Waals surface area contributed by atoms with Crippen molar-refractivity contribution in [1.29, 1.82) is 0 Å². The van der Waals surface area contributed by atoms with Gasteiger partial charge in [-0.05, 0) is 73.0 Å². The van der Waals surface area contributed by atoms with Crippen LogP contribution >= 0.6 is 11.6 Å². The molecular weight excluding hydrogens is 459 g/mol. The van der Waals surface area contributed by atoms with E-state index in [1.165, 1.54) is 18.3 Å². The summed E-state index contributed by atoms with van der Waals surface area (Å²) in [6.45, 7) is 5.10. The molecule has 0 aliphatic rings. The van der Waals surface area contributed by atoms with E-state index in [0.717, 1.165) is 12.0 Å². The Balaban J connectivity index is 1.65. The summed E-state index contributed by atoms with van der Waals surface area (Å²) in [7, 11) is 0. The highest BCUT2D eigenvalue weighted by atomic mass is 35.5. The fourth-order valence-corrected chi connectivity index (χ4v) is 3.23. The van der Waals surface area contributed by atoms with Crippen LogP contribution in [0.25, 0.3) is 0 Å². The lowest BCUT2D eigenvalue weighted by Crippen LogP contribution is -2.17. The minimum Gasteiger partial charge on any atom is -0.494 e. The van der Waals surface area contributed by atoms with E-state index in [1.807, 2.05) is 13.8 Å². The number of nitrogens with one attached hydrogen (secondary N) is 1.